The van der Waals surface area contributed by atoms with Crippen LogP contribution in [-0.4, -0.2) is 55.3 Å². The van der Waals surface area contributed by atoms with E-state index >= 15 is 0 Å². The quantitative estimate of drug-likeness (QED) is 0.722. The van der Waals surface area contributed by atoms with Crippen molar-refractivity contribution < 1.29 is 19.1 Å². The number of hydrogen-bond donors (Lipinski definition) is 1. The van der Waals surface area contributed by atoms with Crippen molar-refractivity contribution in [2.45, 2.75) is 64.2 Å². The molecule has 0 saturated carbocycles. The maximum Gasteiger partial charge on any atom is 0.222 e. The average Bonchev–Trinajstić information content (AvgIpc) is 3.04. The fourth-order valence-electron chi connectivity index (χ4n) is 3.13. The van der Waals surface area contributed by atoms with E-state index in [4.69, 9.17) is 9.47 Å². The lowest BCUT2D eigenvalue weighted by Crippen LogP contribution is -2.50. The SMILES string of the molecule is CC(=O)NCCCCCC(=O)N1CCCCC1C1OCCO1. The second-order valence-corrected chi connectivity index (χ2v) is 6.05. The summed E-state index contributed by atoms with van der Waals surface area (Å²) in [7, 11) is 0. The van der Waals surface area contributed by atoms with Crippen LogP contribution in [0.4, 0.5) is 0 Å². The van der Waals surface area contributed by atoms with E-state index in [-0.39, 0.29) is 24.1 Å². The van der Waals surface area contributed by atoms with Crippen molar-refractivity contribution in [2.24, 2.45) is 0 Å². The summed E-state index contributed by atoms with van der Waals surface area (Å²) in [6.07, 6.45) is 6.26. The van der Waals surface area contributed by atoms with Gasteiger partial charge < -0.3 is 19.7 Å². The fourth-order valence-corrected chi connectivity index (χ4v) is 3.13. The normalized spacial score (nSPS) is 22.8. The summed E-state index contributed by atoms with van der Waals surface area (Å²) in [6, 6.07) is 0.0862. The number of likely N-dealkylation sites (tertiary alicyclic amines) is 1. The molecule has 2 heterocycles. The van der Waals surface area contributed by atoms with Gasteiger partial charge >= 0.3 is 0 Å². The van der Waals surface area contributed by atoms with Gasteiger partial charge in [0, 0.05) is 26.4 Å². The topological polar surface area (TPSA) is 67.9 Å². The summed E-state index contributed by atoms with van der Waals surface area (Å²) >= 11 is 0. The van der Waals surface area contributed by atoms with Gasteiger partial charge in [0.15, 0.2) is 6.29 Å². The largest absolute Gasteiger partial charge is 0.356 e. The lowest BCUT2D eigenvalue weighted by atomic mass is 10.0. The number of nitrogens with zero attached hydrogens (tertiary/aromatic N) is 1. The van der Waals surface area contributed by atoms with Crippen LogP contribution in [0, 0.1) is 0 Å². The standard InChI is InChI=1S/C16H28N2O4/c1-13(19)17-9-5-2-3-8-15(20)18-10-6-4-7-14(18)16-21-11-12-22-16/h14,16H,2-12H2,1H3,(H,17,19). The second kappa shape index (κ2) is 9.10. The van der Waals surface area contributed by atoms with E-state index in [0.717, 1.165) is 45.1 Å². The van der Waals surface area contributed by atoms with E-state index < -0.39 is 0 Å². The first kappa shape index (κ1) is 17.2. The molecule has 2 aliphatic heterocycles. The smallest absolute Gasteiger partial charge is 0.222 e. The molecule has 6 heteroatoms. The molecule has 2 rings (SSSR count). The number of piperidine rings is 1. The van der Waals surface area contributed by atoms with Gasteiger partial charge in [-0.15, -0.1) is 0 Å². The van der Waals surface area contributed by atoms with Gasteiger partial charge in [0.05, 0.1) is 19.3 Å². The predicted octanol–water partition coefficient (Wildman–Crippen LogP) is 1.44. The highest BCUT2D eigenvalue weighted by Crippen LogP contribution is 2.25. The molecule has 2 saturated heterocycles. The van der Waals surface area contributed by atoms with E-state index in [9.17, 15) is 9.59 Å². The molecule has 2 amide bonds. The monoisotopic (exact) mass is 312 g/mol. The Kier molecular flexibility index (Phi) is 7.12. The molecule has 1 unspecified atom stereocenters. The second-order valence-electron chi connectivity index (χ2n) is 6.05. The summed E-state index contributed by atoms with van der Waals surface area (Å²) < 4.78 is 11.2. The molecular weight excluding hydrogens is 284 g/mol. The fraction of sp³-hybridized carbons (Fsp3) is 0.875. The first-order valence-corrected chi connectivity index (χ1v) is 8.45. The number of carbonyl (C=O) groups is 2. The zero-order chi connectivity index (χ0) is 15.8. The van der Waals surface area contributed by atoms with Crippen molar-refractivity contribution in [3.63, 3.8) is 0 Å². The Balaban J connectivity index is 1.69. The van der Waals surface area contributed by atoms with Crippen LogP contribution >= 0.6 is 0 Å². The number of ether oxygens (including phenoxy) is 2. The van der Waals surface area contributed by atoms with Crippen LogP contribution in [-0.2, 0) is 19.1 Å². The van der Waals surface area contributed by atoms with Gasteiger partial charge in [0.2, 0.25) is 11.8 Å². The number of nitrogens with one attached hydrogen (secondary N) is 1. The predicted molar refractivity (Wildman–Crippen MR) is 82.2 cm³/mol. The molecule has 0 aliphatic carbocycles. The van der Waals surface area contributed by atoms with Crippen molar-refractivity contribution in [3.8, 4) is 0 Å². The van der Waals surface area contributed by atoms with E-state index in [1.165, 1.54) is 6.92 Å². The van der Waals surface area contributed by atoms with Gasteiger partial charge in [0.25, 0.3) is 0 Å². The van der Waals surface area contributed by atoms with Gasteiger partial charge in [-0.1, -0.05) is 6.42 Å². The Hall–Kier alpha value is -1.14. The minimum atomic E-state index is -0.232. The number of hydrogen-bond acceptors (Lipinski definition) is 4. The van der Waals surface area contributed by atoms with Gasteiger partial charge in [0.1, 0.15) is 0 Å². The van der Waals surface area contributed by atoms with E-state index in [1.54, 1.807) is 0 Å². The molecule has 0 bridgehead atoms. The third-order valence-electron chi connectivity index (χ3n) is 4.27. The molecule has 0 aromatic carbocycles. The molecule has 2 aliphatic rings. The molecule has 0 radical (unpaired) electrons. The van der Waals surface area contributed by atoms with Crippen molar-refractivity contribution in [2.75, 3.05) is 26.3 Å². The van der Waals surface area contributed by atoms with Crippen LogP contribution in [0.25, 0.3) is 0 Å². The van der Waals surface area contributed by atoms with E-state index in [1.807, 2.05) is 4.90 Å². The molecule has 1 atom stereocenters. The van der Waals surface area contributed by atoms with Crippen LogP contribution in [0.5, 0.6) is 0 Å². The van der Waals surface area contributed by atoms with Crippen LogP contribution in [0.3, 0.4) is 0 Å². The maximum absolute atomic E-state index is 12.5. The zero-order valence-electron chi connectivity index (χ0n) is 13.5. The Bertz CT molecular complexity index is 369. The van der Waals surface area contributed by atoms with Crippen molar-refractivity contribution in [1.82, 2.24) is 10.2 Å². The first-order valence-electron chi connectivity index (χ1n) is 8.45. The van der Waals surface area contributed by atoms with Crippen LogP contribution in [0.15, 0.2) is 0 Å². The lowest BCUT2D eigenvalue weighted by Gasteiger charge is -2.38. The van der Waals surface area contributed by atoms with Crippen LogP contribution < -0.4 is 5.32 Å². The summed E-state index contributed by atoms with van der Waals surface area (Å²) in [5.41, 5.74) is 0. The zero-order valence-corrected chi connectivity index (χ0v) is 13.5. The summed E-state index contributed by atoms with van der Waals surface area (Å²) in [6.45, 7) is 4.30. The summed E-state index contributed by atoms with van der Waals surface area (Å²) in [4.78, 5) is 25.2. The third kappa shape index (κ3) is 5.25. The molecule has 0 aromatic heterocycles. The Morgan fingerprint density at radius 1 is 1.14 bits per heavy atom. The van der Waals surface area contributed by atoms with Gasteiger partial charge in [-0.25, -0.2) is 0 Å². The van der Waals surface area contributed by atoms with Crippen LogP contribution in [0.1, 0.15) is 51.9 Å². The summed E-state index contributed by atoms with van der Waals surface area (Å²) in [5, 5.41) is 2.77. The number of carbonyl (C=O) groups excluding carboxylic acids is 2. The van der Waals surface area contributed by atoms with Crippen LogP contribution in [0.2, 0.25) is 0 Å². The average molecular weight is 312 g/mol. The first-order chi connectivity index (χ1) is 10.7. The van der Waals surface area contributed by atoms with Gasteiger partial charge in [-0.2, -0.15) is 0 Å². The molecule has 2 fully saturated rings. The van der Waals surface area contributed by atoms with E-state index in [2.05, 4.69) is 5.32 Å². The molecular formula is C16H28N2O4. The Morgan fingerprint density at radius 3 is 2.64 bits per heavy atom. The highest BCUT2D eigenvalue weighted by atomic mass is 16.7. The molecule has 22 heavy (non-hydrogen) atoms. The third-order valence-corrected chi connectivity index (χ3v) is 4.27. The minimum absolute atomic E-state index is 0.00352. The minimum Gasteiger partial charge on any atom is -0.356 e. The number of amides is 2. The lowest BCUT2D eigenvalue weighted by molar-refractivity contribution is -0.150. The number of unbranched alkanes of at least 4 members (excludes halogenated alkanes) is 2. The van der Waals surface area contributed by atoms with Crippen molar-refractivity contribution in [3.05, 3.63) is 0 Å². The van der Waals surface area contributed by atoms with E-state index in [0.29, 0.717) is 26.2 Å². The number of rotatable bonds is 7. The highest BCUT2D eigenvalue weighted by Gasteiger charge is 2.35. The summed E-state index contributed by atoms with van der Waals surface area (Å²) in [5.74, 6) is 0.215. The molecule has 6 nitrogen and oxygen atoms in total. The molecule has 0 aromatic rings. The maximum atomic E-state index is 12.5. The van der Waals surface area contributed by atoms with Crippen molar-refractivity contribution in [1.29, 1.82) is 0 Å². The van der Waals surface area contributed by atoms with Crippen molar-refractivity contribution >= 4 is 11.8 Å². The molecule has 0 spiro atoms. The molecule has 126 valence electrons. The Labute approximate surface area is 132 Å². The highest BCUT2D eigenvalue weighted by molar-refractivity contribution is 5.76. The Morgan fingerprint density at radius 2 is 1.91 bits per heavy atom. The molecule has 1 N–H and O–H groups in total. The van der Waals surface area contributed by atoms with Gasteiger partial charge in [-0.3, -0.25) is 9.59 Å². The van der Waals surface area contributed by atoms with Gasteiger partial charge in [-0.05, 0) is 32.1 Å².